The van der Waals surface area contributed by atoms with Crippen molar-refractivity contribution in [3.63, 3.8) is 0 Å². The van der Waals surface area contributed by atoms with E-state index in [2.05, 4.69) is 10.6 Å². The molecule has 0 saturated carbocycles. The molecule has 0 spiro atoms. The summed E-state index contributed by atoms with van der Waals surface area (Å²) >= 11 is 1.42. The first kappa shape index (κ1) is 17.5. The van der Waals surface area contributed by atoms with E-state index in [4.69, 9.17) is 5.14 Å². The molecule has 9 heteroatoms. The number of carbonyl (C=O) groups is 2. The Morgan fingerprint density at radius 2 is 2.04 bits per heavy atom. The Kier molecular flexibility index (Phi) is 4.80. The van der Waals surface area contributed by atoms with Crippen LogP contribution in [0, 0.1) is 0 Å². The lowest BCUT2D eigenvalue weighted by Gasteiger charge is -2.17. The van der Waals surface area contributed by atoms with Crippen LogP contribution in [-0.4, -0.2) is 26.0 Å². The molecular weight excluding hydrogens is 362 g/mol. The van der Waals surface area contributed by atoms with Gasteiger partial charge in [0.1, 0.15) is 0 Å². The van der Waals surface area contributed by atoms with Crippen LogP contribution in [0.2, 0.25) is 0 Å². The molecule has 0 aliphatic carbocycles. The van der Waals surface area contributed by atoms with Gasteiger partial charge < -0.3 is 10.6 Å². The van der Waals surface area contributed by atoms with Gasteiger partial charge in [-0.25, -0.2) is 13.6 Å². The lowest BCUT2D eigenvalue weighted by Crippen LogP contribution is -2.20. The molecule has 0 unspecified atom stereocenters. The number of hydrogen-bond donors (Lipinski definition) is 3. The molecule has 0 radical (unpaired) electrons. The highest BCUT2D eigenvalue weighted by Gasteiger charge is 2.17. The van der Waals surface area contributed by atoms with Gasteiger partial charge in [0.25, 0.3) is 5.91 Å². The molecule has 2 aromatic carbocycles. The van der Waals surface area contributed by atoms with E-state index >= 15 is 0 Å². The lowest BCUT2D eigenvalue weighted by atomic mass is 10.1. The standard InChI is InChI=1S/C16H15N3O4S2/c17-25(22,23)9-10-2-1-3-12(6-10)18-16(21)11-4-5-14-13(7-11)19-15(20)8-24-14/h1-7H,8-9H2,(H,18,21)(H,19,20)(H2,17,22,23). The first-order valence-corrected chi connectivity index (χ1v) is 9.98. The van der Waals surface area contributed by atoms with Gasteiger partial charge in [0, 0.05) is 16.1 Å². The van der Waals surface area contributed by atoms with Crippen molar-refractivity contribution < 1.29 is 18.0 Å². The third kappa shape index (κ3) is 4.59. The van der Waals surface area contributed by atoms with Crippen LogP contribution in [0.15, 0.2) is 47.4 Å². The highest BCUT2D eigenvalue weighted by Crippen LogP contribution is 2.32. The number of anilines is 2. The monoisotopic (exact) mass is 377 g/mol. The largest absolute Gasteiger partial charge is 0.324 e. The highest BCUT2D eigenvalue weighted by molar-refractivity contribution is 8.00. The average Bonchev–Trinajstić information content (AvgIpc) is 2.52. The fourth-order valence-corrected chi connectivity index (χ4v) is 3.83. The molecule has 0 atom stereocenters. The number of carbonyl (C=O) groups excluding carboxylic acids is 2. The minimum absolute atomic E-state index is 0.106. The Bertz CT molecular complexity index is 958. The number of amides is 2. The van der Waals surface area contributed by atoms with Gasteiger partial charge in [-0.3, -0.25) is 9.59 Å². The normalized spacial score (nSPS) is 13.7. The van der Waals surface area contributed by atoms with Crippen molar-refractivity contribution in [3.8, 4) is 0 Å². The second-order valence-electron chi connectivity index (χ2n) is 5.51. The molecule has 2 amide bonds. The van der Waals surface area contributed by atoms with Gasteiger partial charge in [0.05, 0.1) is 17.2 Å². The topological polar surface area (TPSA) is 118 Å². The molecule has 0 fully saturated rings. The lowest BCUT2D eigenvalue weighted by molar-refractivity contribution is -0.113. The van der Waals surface area contributed by atoms with Crippen LogP contribution in [0.4, 0.5) is 11.4 Å². The van der Waals surface area contributed by atoms with Crippen molar-refractivity contribution >= 4 is 45.0 Å². The fourth-order valence-electron chi connectivity index (χ4n) is 2.40. The van der Waals surface area contributed by atoms with Crippen LogP contribution in [0.5, 0.6) is 0 Å². The number of benzene rings is 2. The van der Waals surface area contributed by atoms with Crippen LogP contribution >= 0.6 is 11.8 Å². The van der Waals surface area contributed by atoms with Gasteiger partial charge >= 0.3 is 0 Å². The number of hydrogen-bond acceptors (Lipinski definition) is 5. The van der Waals surface area contributed by atoms with Crippen LogP contribution < -0.4 is 15.8 Å². The van der Waals surface area contributed by atoms with Crippen LogP contribution in [0.1, 0.15) is 15.9 Å². The van der Waals surface area contributed by atoms with Gasteiger partial charge in [-0.2, -0.15) is 0 Å². The summed E-state index contributed by atoms with van der Waals surface area (Å²) in [6.07, 6.45) is 0. The second kappa shape index (κ2) is 6.87. The summed E-state index contributed by atoms with van der Waals surface area (Å²) in [7, 11) is -3.65. The summed E-state index contributed by atoms with van der Waals surface area (Å²) in [5.41, 5.74) is 1.94. The average molecular weight is 377 g/mol. The van der Waals surface area contributed by atoms with Crippen LogP contribution in [0.3, 0.4) is 0 Å². The third-order valence-corrected chi connectivity index (χ3v) is 5.24. The smallest absolute Gasteiger partial charge is 0.255 e. The molecule has 130 valence electrons. The van der Waals surface area contributed by atoms with E-state index in [1.807, 2.05) is 0 Å². The summed E-state index contributed by atoms with van der Waals surface area (Å²) < 4.78 is 22.3. The molecular formula is C16H15N3O4S2. The molecule has 0 bridgehead atoms. The number of thioether (sulfide) groups is 1. The first-order chi connectivity index (χ1) is 11.8. The molecule has 3 rings (SSSR count). The van der Waals surface area contributed by atoms with E-state index < -0.39 is 10.0 Å². The molecule has 0 aromatic heterocycles. The third-order valence-electron chi connectivity index (χ3n) is 3.43. The van der Waals surface area contributed by atoms with Crippen LogP contribution in [-0.2, 0) is 20.6 Å². The molecule has 7 nitrogen and oxygen atoms in total. The minimum atomic E-state index is -3.65. The van der Waals surface area contributed by atoms with E-state index in [1.54, 1.807) is 42.5 Å². The van der Waals surface area contributed by atoms with E-state index in [0.29, 0.717) is 28.3 Å². The summed E-state index contributed by atoms with van der Waals surface area (Å²) in [4.78, 5) is 24.8. The Balaban J connectivity index is 1.78. The molecule has 0 saturated heterocycles. The SMILES string of the molecule is NS(=O)(=O)Cc1cccc(NC(=O)c2ccc3c(c2)NC(=O)CS3)c1. The summed E-state index contributed by atoms with van der Waals surface area (Å²) in [5.74, 6) is -0.417. The Hall–Kier alpha value is -2.36. The molecule has 1 aliphatic rings. The van der Waals surface area contributed by atoms with Crippen LogP contribution in [0.25, 0.3) is 0 Å². The van der Waals surface area contributed by atoms with Gasteiger partial charge in [-0.15, -0.1) is 11.8 Å². The molecule has 2 aromatic rings. The quantitative estimate of drug-likeness (QED) is 0.750. The van der Waals surface area contributed by atoms with Gasteiger partial charge in [-0.1, -0.05) is 12.1 Å². The van der Waals surface area contributed by atoms with Gasteiger partial charge in [0.15, 0.2) is 0 Å². The van der Waals surface area contributed by atoms with Crippen molar-refractivity contribution in [2.75, 3.05) is 16.4 Å². The van der Waals surface area contributed by atoms with Crippen molar-refractivity contribution in [1.82, 2.24) is 0 Å². The van der Waals surface area contributed by atoms with E-state index in [0.717, 1.165) is 4.90 Å². The molecule has 1 aliphatic heterocycles. The predicted octanol–water partition coefficient (Wildman–Crippen LogP) is 1.77. The van der Waals surface area contributed by atoms with Gasteiger partial charge in [-0.05, 0) is 35.9 Å². The molecule has 4 N–H and O–H groups in total. The maximum atomic E-state index is 12.4. The number of sulfonamides is 1. The zero-order valence-electron chi connectivity index (χ0n) is 13.0. The summed E-state index contributed by atoms with van der Waals surface area (Å²) in [5, 5.41) is 10.5. The van der Waals surface area contributed by atoms with Crippen molar-refractivity contribution in [3.05, 3.63) is 53.6 Å². The fraction of sp³-hybridized carbons (Fsp3) is 0.125. The van der Waals surface area contributed by atoms with E-state index in [9.17, 15) is 18.0 Å². The molecule has 1 heterocycles. The maximum Gasteiger partial charge on any atom is 0.255 e. The van der Waals surface area contributed by atoms with E-state index in [-0.39, 0.29) is 17.6 Å². The van der Waals surface area contributed by atoms with Gasteiger partial charge in [0.2, 0.25) is 15.9 Å². The van der Waals surface area contributed by atoms with E-state index in [1.165, 1.54) is 11.8 Å². The van der Waals surface area contributed by atoms with Crippen molar-refractivity contribution in [2.24, 2.45) is 5.14 Å². The zero-order chi connectivity index (χ0) is 18.0. The summed E-state index contributed by atoms with van der Waals surface area (Å²) in [6.45, 7) is 0. The Morgan fingerprint density at radius 1 is 1.24 bits per heavy atom. The number of nitrogens with one attached hydrogen (secondary N) is 2. The predicted molar refractivity (Wildman–Crippen MR) is 97.0 cm³/mol. The van der Waals surface area contributed by atoms with Crippen molar-refractivity contribution in [1.29, 1.82) is 0 Å². The Morgan fingerprint density at radius 3 is 2.80 bits per heavy atom. The molecule has 25 heavy (non-hydrogen) atoms. The number of nitrogens with two attached hydrogens (primary N) is 1. The summed E-state index contributed by atoms with van der Waals surface area (Å²) in [6, 6.07) is 11.5. The first-order valence-electron chi connectivity index (χ1n) is 7.28. The number of rotatable bonds is 4. The van der Waals surface area contributed by atoms with Crippen molar-refractivity contribution in [2.45, 2.75) is 10.6 Å². The maximum absolute atomic E-state index is 12.4. The Labute approximate surface area is 149 Å². The minimum Gasteiger partial charge on any atom is -0.324 e. The highest BCUT2D eigenvalue weighted by atomic mass is 32.2. The number of primary sulfonamides is 1. The second-order valence-corrected chi connectivity index (χ2v) is 8.14. The zero-order valence-corrected chi connectivity index (χ0v) is 14.6. The number of fused-ring (bicyclic) bond motifs is 1.